The molecule has 0 spiro atoms. The number of morpholine rings is 1. The summed E-state index contributed by atoms with van der Waals surface area (Å²) in [5.41, 5.74) is 0. The van der Waals surface area contributed by atoms with Gasteiger partial charge in [-0.1, -0.05) is 0 Å². The number of hydrogen-bond acceptors (Lipinski definition) is 3. The first-order valence-electron chi connectivity index (χ1n) is 4.05. The van der Waals surface area contributed by atoms with Gasteiger partial charge in [0, 0.05) is 6.54 Å². The molecule has 0 atom stereocenters. The Labute approximate surface area is 66.9 Å². The van der Waals surface area contributed by atoms with Crippen LogP contribution in [0.15, 0.2) is 0 Å². The molecule has 0 saturated carbocycles. The Balaban J connectivity index is 1.91. The average Bonchev–Trinajstić information content (AvgIpc) is 2.50. The maximum atomic E-state index is 10.5. The smallest absolute Gasteiger partial charge is 0.240 e. The predicted molar refractivity (Wildman–Crippen MR) is 38.1 cm³/mol. The van der Waals surface area contributed by atoms with Crippen LogP contribution in [0.3, 0.4) is 0 Å². The Morgan fingerprint density at radius 3 is 3.36 bits per heavy atom. The minimum absolute atomic E-state index is 0.177. The molecule has 2 saturated heterocycles. The third kappa shape index (κ3) is 1.36. The molecule has 2 aliphatic rings. The number of rotatable bonds is 1. The molecule has 2 rings (SSSR count). The van der Waals surface area contributed by atoms with E-state index in [0.717, 1.165) is 19.5 Å². The highest BCUT2D eigenvalue weighted by Gasteiger charge is 2.38. The fourth-order valence-electron chi connectivity index (χ4n) is 1.68. The van der Waals surface area contributed by atoms with Crippen molar-refractivity contribution >= 4 is 0 Å². The maximum Gasteiger partial charge on any atom is 0.240 e. The normalized spacial score (nSPS) is 27.5. The summed E-state index contributed by atoms with van der Waals surface area (Å²) in [7, 11) is 0. The van der Waals surface area contributed by atoms with Gasteiger partial charge in [0.25, 0.3) is 0 Å². The molecular formula is C8H12NO2. The predicted octanol–water partition coefficient (Wildman–Crippen LogP) is -0.463. The second-order valence-corrected chi connectivity index (χ2v) is 3.06. The van der Waals surface area contributed by atoms with E-state index in [1.807, 2.05) is 0 Å². The molecule has 0 amide bonds. The molecule has 0 N–H and O–H groups in total. The summed E-state index contributed by atoms with van der Waals surface area (Å²) in [5, 5.41) is 10.5. The summed E-state index contributed by atoms with van der Waals surface area (Å²) in [6.07, 6.45) is 3.09. The average molecular weight is 154 g/mol. The van der Waals surface area contributed by atoms with Crippen LogP contribution in [0.1, 0.15) is 12.8 Å². The van der Waals surface area contributed by atoms with Crippen molar-refractivity contribution < 1.29 is 9.84 Å². The Morgan fingerprint density at radius 2 is 2.55 bits per heavy atom. The number of ether oxygens (including phenoxy) is 1. The lowest BCUT2D eigenvalue weighted by Gasteiger charge is -2.26. The maximum absolute atomic E-state index is 10.5. The SMILES string of the molecule is [O-]C[C+]1CN2CCC[C]2CO1. The molecular weight excluding hydrogens is 142 g/mol. The summed E-state index contributed by atoms with van der Waals surface area (Å²) in [6, 6.07) is 1.38. The van der Waals surface area contributed by atoms with Gasteiger partial charge in [-0.05, 0) is 12.8 Å². The monoisotopic (exact) mass is 154 g/mol. The fourth-order valence-corrected chi connectivity index (χ4v) is 1.68. The Hall–Kier alpha value is -0.250. The highest BCUT2D eigenvalue weighted by atomic mass is 16.5. The van der Waals surface area contributed by atoms with Crippen LogP contribution in [0.5, 0.6) is 0 Å². The zero-order valence-electron chi connectivity index (χ0n) is 6.51. The van der Waals surface area contributed by atoms with Crippen LogP contribution in [0.2, 0.25) is 0 Å². The molecule has 2 aliphatic heterocycles. The molecule has 1 radical (unpaired) electrons. The molecule has 2 fully saturated rings. The second kappa shape index (κ2) is 3.01. The van der Waals surface area contributed by atoms with E-state index in [0.29, 0.717) is 12.7 Å². The lowest BCUT2D eigenvalue weighted by molar-refractivity contribution is -0.373. The van der Waals surface area contributed by atoms with Crippen LogP contribution >= 0.6 is 0 Å². The van der Waals surface area contributed by atoms with E-state index in [1.165, 1.54) is 12.5 Å². The molecule has 0 aromatic carbocycles. The van der Waals surface area contributed by atoms with Gasteiger partial charge in [-0.15, -0.1) is 0 Å². The quantitative estimate of drug-likeness (QED) is 0.479. The third-order valence-corrected chi connectivity index (χ3v) is 2.31. The van der Waals surface area contributed by atoms with Gasteiger partial charge in [0.1, 0.15) is 6.61 Å². The van der Waals surface area contributed by atoms with Crippen molar-refractivity contribution in [2.45, 2.75) is 12.8 Å². The first-order chi connectivity index (χ1) is 5.40. The van der Waals surface area contributed by atoms with E-state index in [9.17, 15) is 5.11 Å². The van der Waals surface area contributed by atoms with Crippen molar-refractivity contribution in [2.75, 3.05) is 26.3 Å². The molecule has 0 unspecified atom stereocenters. The van der Waals surface area contributed by atoms with E-state index >= 15 is 0 Å². The van der Waals surface area contributed by atoms with E-state index in [-0.39, 0.29) is 6.61 Å². The fraction of sp³-hybridized carbons (Fsp3) is 0.750. The summed E-state index contributed by atoms with van der Waals surface area (Å²) in [4.78, 5) is 2.27. The zero-order valence-corrected chi connectivity index (χ0v) is 6.51. The number of nitrogens with zero attached hydrogens (tertiary/aromatic N) is 1. The highest BCUT2D eigenvalue weighted by molar-refractivity contribution is 5.03. The first kappa shape index (κ1) is 7.40. The van der Waals surface area contributed by atoms with Crippen LogP contribution < -0.4 is 5.11 Å². The van der Waals surface area contributed by atoms with Crippen molar-refractivity contribution in [1.82, 2.24) is 4.90 Å². The lowest BCUT2D eigenvalue weighted by atomic mass is 10.2. The summed E-state index contributed by atoms with van der Waals surface area (Å²) in [5.74, 6) is 0. The zero-order chi connectivity index (χ0) is 7.68. The van der Waals surface area contributed by atoms with E-state index in [2.05, 4.69) is 4.90 Å². The van der Waals surface area contributed by atoms with Crippen molar-refractivity contribution in [3.63, 3.8) is 0 Å². The second-order valence-electron chi connectivity index (χ2n) is 3.06. The van der Waals surface area contributed by atoms with Gasteiger partial charge >= 0.3 is 0 Å². The molecule has 11 heavy (non-hydrogen) atoms. The van der Waals surface area contributed by atoms with Crippen LogP contribution in [-0.2, 0) is 4.74 Å². The van der Waals surface area contributed by atoms with Gasteiger partial charge in [-0.2, -0.15) is 4.74 Å². The van der Waals surface area contributed by atoms with Gasteiger partial charge in [0.15, 0.2) is 6.54 Å². The number of hydrogen-bond donors (Lipinski definition) is 0. The summed E-state index contributed by atoms with van der Waals surface area (Å²) < 4.78 is 5.27. The molecule has 2 heterocycles. The summed E-state index contributed by atoms with van der Waals surface area (Å²) in [6.45, 7) is 2.35. The van der Waals surface area contributed by atoms with Crippen LogP contribution in [0, 0.1) is 12.1 Å². The van der Waals surface area contributed by atoms with Crippen LogP contribution in [-0.4, -0.2) is 31.2 Å². The standard InChI is InChI=1S/C8H12NO2/c10-5-8-4-9-3-1-2-7(9)6-11-8/h1-6H2. The van der Waals surface area contributed by atoms with E-state index < -0.39 is 0 Å². The van der Waals surface area contributed by atoms with E-state index in [4.69, 9.17) is 4.74 Å². The molecule has 61 valence electrons. The minimum Gasteiger partial charge on any atom is -0.815 e. The Bertz CT molecular complexity index is 140. The van der Waals surface area contributed by atoms with Gasteiger partial charge in [0.2, 0.25) is 6.10 Å². The molecule has 0 aromatic rings. The molecule has 0 bridgehead atoms. The number of fused-ring (bicyclic) bond motifs is 1. The van der Waals surface area contributed by atoms with Gasteiger partial charge < -0.3 is 5.11 Å². The van der Waals surface area contributed by atoms with Crippen molar-refractivity contribution in [2.24, 2.45) is 0 Å². The molecule has 3 heteroatoms. The lowest BCUT2D eigenvalue weighted by Crippen LogP contribution is -2.40. The van der Waals surface area contributed by atoms with Crippen LogP contribution in [0.4, 0.5) is 0 Å². The highest BCUT2D eigenvalue weighted by Crippen LogP contribution is 2.30. The van der Waals surface area contributed by atoms with Crippen LogP contribution in [0.25, 0.3) is 0 Å². The van der Waals surface area contributed by atoms with Gasteiger partial charge in [-0.3, -0.25) is 4.90 Å². The Kier molecular flexibility index (Phi) is 2.02. The topological polar surface area (TPSA) is 35.5 Å². The van der Waals surface area contributed by atoms with Crippen molar-refractivity contribution in [1.29, 1.82) is 0 Å². The first-order valence-corrected chi connectivity index (χ1v) is 4.05. The van der Waals surface area contributed by atoms with E-state index in [1.54, 1.807) is 0 Å². The Morgan fingerprint density at radius 1 is 1.64 bits per heavy atom. The minimum atomic E-state index is -0.177. The molecule has 0 aromatic heterocycles. The van der Waals surface area contributed by atoms with Gasteiger partial charge in [0.05, 0.1) is 12.6 Å². The third-order valence-electron chi connectivity index (χ3n) is 2.31. The molecule has 0 aliphatic carbocycles. The summed E-state index contributed by atoms with van der Waals surface area (Å²) >= 11 is 0. The van der Waals surface area contributed by atoms with Gasteiger partial charge in [-0.25, -0.2) is 0 Å². The van der Waals surface area contributed by atoms with Crippen molar-refractivity contribution in [3.05, 3.63) is 12.1 Å². The largest absolute Gasteiger partial charge is 0.815 e. The molecule has 3 nitrogen and oxygen atoms in total. The van der Waals surface area contributed by atoms with Crippen molar-refractivity contribution in [3.8, 4) is 0 Å².